The molecule has 0 spiro atoms. The molecule has 1 N–H and O–H groups in total. The van der Waals surface area contributed by atoms with Crippen molar-refractivity contribution in [3.63, 3.8) is 0 Å². The lowest BCUT2D eigenvalue weighted by Crippen LogP contribution is -2.40. The minimum absolute atomic E-state index is 0.340. The number of rotatable bonds is 5. The minimum atomic E-state index is 0.340. The van der Waals surface area contributed by atoms with Gasteiger partial charge in [-0.25, -0.2) is 0 Å². The van der Waals surface area contributed by atoms with Crippen LogP contribution < -0.4 is 5.32 Å². The van der Waals surface area contributed by atoms with Crippen LogP contribution in [-0.2, 0) is 0 Å². The largest absolute Gasteiger partial charge is 0.310 e. The standard InChI is InChI=1S/C15H22ClN/c1-3-15(9-6-10-15)11-17-12(2)13-7-4-5-8-14(13)16/h4-5,7-8,12,17H,3,6,9-11H2,1-2H3. The highest BCUT2D eigenvalue weighted by Crippen LogP contribution is 2.43. The fraction of sp³-hybridized carbons (Fsp3) is 0.600. The summed E-state index contributed by atoms with van der Waals surface area (Å²) in [4.78, 5) is 0. The number of nitrogens with one attached hydrogen (secondary N) is 1. The first kappa shape index (κ1) is 12.9. The van der Waals surface area contributed by atoms with Crippen LogP contribution in [0.5, 0.6) is 0 Å². The molecule has 1 unspecified atom stereocenters. The molecule has 1 aliphatic carbocycles. The molecule has 2 heteroatoms. The Hall–Kier alpha value is -0.530. The van der Waals surface area contributed by atoms with Crippen LogP contribution in [0.25, 0.3) is 0 Å². The van der Waals surface area contributed by atoms with Crippen LogP contribution in [0.3, 0.4) is 0 Å². The third-order valence-corrected chi connectivity index (χ3v) is 4.66. The number of hydrogen-bond donors (Lipinski definition) is 1. The van der Waals surface area contributed by atoms with Gasteiger partial charge in [0.15, 0.2) is 0 Å². The summed E-state index contributed by atoms with van der Waals surface area (Å²) < 4.78 is 0. The maximum atomic E-state index is 6.21. The molecule has 17 heavy (non-hydrogen) atoms. The Kier molecular flexibility index (Phi) is 4.11. The molecule has 1 aromatic rings. The summed E-state index contributed by atoms with van der Waals surface area (Å²) in [5, 5.41) is 4.52. The van der Waals surface area contributed by atoms with Crippen molar-refractivity contribution in [1.29, 1.82) is 0 Å². The quantitative estimate of drug-likeness (QED) is 0.808. The molecule has 0 amide bonds. The van der Waals surface area contributed by atoms with Crippen molar-refractivity contribution in [2.45, 2.75) is 45.6 Å². The average molecular weight is 252 g/mol. The molecule has 0 heterocycles. The first-order valence-electron chi connectivity index (χ1n) is 6.65. The molecule has 1 atom stereocenters. The van der Waals surface area contributed by atoms with E-state index in [1.165, 1.54) is 31.2 Å². The Bertz CT molecular complexity index is 365. The Morgan fingerprint density at radius 3 is 2.59 bits per heavy atom. The van der Waals surface area contributed by atoms with E-state index in [-0.39, 0.29) is 0 Å². The first-order chi connectivity index (χ1) is 8.17. The second-order valence-electron chi connectivity index (χ2n) is 5.33. The van der Waals surface area contributed by atoms with Crippen LogP contribution in [0.2, 0.25) is 5.02 Å². The van der Waals surface area contributed by atoms with Gasteiger partial charge in [0.05, 0.1) is 0 Å². The molecule has 1 fully saturated rings. The summed E-state index contributed by atoms with van der Waals surface area (Å²) in [6.07, 6.45) is 5.45. The van der Waals surface area contributed by atoms with Gasteiger partial charge in [-0.2, -0.15) is 0 Å². The molecule has 0 aliphatic heterocycles. The molecule has 1 nitrogen and oxygen atoms in total. The van der Waals surface area contributed by atoms with Crippen LogP contribution in [-0.4, -0.2) is 6.54 Å². The number of halogens is 1. The van der Waals surface area contributed by atoms with Crippen molar-refractivity contribution in [3.8, 4) is 0 Å². The Morgan fingerprint density at radius 2 is 2.06 bits per heavy atom. The summed E-state index contributed by atoms with van der Waals surface area (Å²) in [7, 11) is 0. The average Bonchev–Trinajstić information content (AvgIpc) is 2.28. The minimum Gasteiger partial charge on any atom is -0.310 e. The summed E-state index contributed by atoms with van der Waals surface area (Å²) in [5.74, 6) is 0. The molecular weight excluding hydrogens is 230 g/mol. The molecule has 0 bridgehead atoms. The van der Waals surface area contributed by atoms with Crippen LogP contribution in [0.15, 0.2) is 24.3 Å². The van der Waals surface area contributed by atoms with E-state index in [4.69, 9.17) is 11.6 Å². The fourth-order valence-electron chi connectivity index (χ4n) is 2.64. The van der Waals surface area contributed by atoms with Gasteiger partial charge in [0.25, 0.3) is 0 Å². The van der Waals surface area contributed by atoms with Gasteiger partial charge in [0.2, 0.25) is 0 Å². The van der Waals surface area contributed by atoms with E-state index in [1.807, 2.05) is 12.1 Å². The van der Waals surface area contributed by atoms with Gasteiger partial charge in [-0.1, -0.05) is 43.1 Å². The zero-order chi connectivity index (χ0) is 12.3. The molecule has 1 saturated carbocycles. The van der Waals surface area contributed by atoms with Crippen LogP contribution in [0, 0.1) is 5.41 Å². The number of hydrogen-bond acceptors (Lipinski definition) is 1. The third-order valence-electron chi connectivity index (χ3n) is 4.32. The zero-order valence-electron chi connectivity index (χ0n) is 10.8. The van der Waals surface area contributed by atoms with Gasteiger partial charge >= 0.3 is 0 Å². The second kappa shape index (κ2) is 5.41. The Balaban J connectivity index is 1.93. The fourth-order valence-corrected chi connectivity index (χ4v) is 2.94. The van der Waals surface area contributed by atoms with E-state index in [0.717, 1.165) is 11.6 Å². The predicted octanol–water partition coefficient (Wildman–Crippen LogP) is 4.57. The first-order valence-corrected chi connectivity index (χ1v) is 7.02. The van der Waals surface area contributed by atoms with E-state index < -0.39 is 0 Å². The monoisotopic (exact) mass is 251 g/mol. The molecule has 0 saturated heterocycles. The van der Waals surface area contributed by atoms with Gasteiger partial charge in [-0.15, -0.1) is 0 Å². The molecule has 1 aliphatic rings. The van der Waals surface area contributed by atoms with Crippen molar-refractivity contribution in [2.75, 3.05) is 6.54 Å². The van der Waals surface area contributed by atoms with Crippen molar-refractivity contribution in [2.24, 2.45) is 5.41 Å². The lowest BCUT2D eigenvalue weighted by Gasteiger charge is -2.42. The third kappa shape index (κ3) is 2.83. The normalized spacial score (nSPS) is 19.7. The Labute approximate surface area is 110 Å². The van der Waals surface area contributed by atoms with Gasteiger partial charge in [0.1, 0.15) is 0 Å². The summed E-state index contributed by atoms with van der Waals surface area (Å²) >= 11 is 6.21. The van der Waals surface area contributed by atoms with Crippen LogP contribution in [0.1, 0.15) is 51.1 Å². The van der Waals surface area contributed by atoms with E-state index in [2.05, 4.69) is 31.3 Å². The topological polar surface area (TPSA) is 12.0 Å². The second-order valence-corrected chi connectivity index (χ2v) is 5.74. The molecule has 1 aromatic carbocycles. The highest BCUT2D eigenvalue weighted by molar-refractivity contribution is 6.31. The van der Waals surface area contributed by atoms with Crippen LogP contribution >= 0.6 is 11.6 Å². The maximum absolute atomic E-state index is 6.21. The lowest BCUT2D eigenvalue weighted by molar-refractivity contribution is 0.120. The molecular formula is C15H22ClN. The van der Waals surface area contributed by atoms with Crippen molar-refractivity contribution in [3.05, 3.63) is 34.9 Å². The molecule has 94 valence electrons. The van der Waals surface area contributed by atoms with E-state index in [9.17, 15) is 0 Å². The maximum Gasteiger partial charge on any atom is 0.0453 e. The Morgan fingerprint density at radius 1 is 1.35 bits per heavy atom. The lowest BCUT2D eigenvalue weighted by atomic mass is 9.67. The van der Waals surface area contributed by atoms with Crippen molar-refractivity contribution in [1.82, 2.24) is 5.32 Å². The SMILES string of the molecule is CCC1(CNC(C)c2ccccc2Cl)CCC1. The zero-order valence-corrected chi connectivity index (χ0v) is 11.6. The highest BCUT2D eigenvalue weighted by atomic mass is 35.5. The van der Waals surface area contributed by atoms with Crippen LogP contribution in [0.4, 0.5) is 0 Å². The summed E-state index contributed by atoms with van der Waals surface area (Å²) in [6.45, 7) is 5.63. The van der Waals surface area contributed by atoms with E-state index in [0.29, 0.717) is 11.5 Å². The molecule has 0 aromatic heterocycles. The van der Waals surface area contributed by atoms with Gasteiger partial charge in [-0.05, 0) is 43.2 Å². The van der Waals surface area contributed by atoms with Gasteiger partial charge in [0, 0.05) is 17.6 Å². The highest BCUT2D eigenvalue weighted by Gasteiger charge is 2.34. The predicted molar refractivity (Wildman–Crippen MR) is 74.4 cm³/mol. The van der Waals surface area contributed by atoms with Crippen molar-refractivity contribution < 1.29 is 0 Å². The number of benzene rings is 1. The summed E-state index contributed by atoms with van der Waals surface area (Å²) in [5.41, 5.74) is 1.77. The summed E-state index contributed by atoms with van der Waals surface area (Å²) in [6, 6.07) is 8.46. The van der Waals surface area contributed by atoms with E-state index in [1.54, 1.807) is 0 Å². The van der Waals surface area contributed by atoms with Crippen molar-refractivity contribution >= 4 is 11.6 Å². The van der Waals surface area contributed by atoms with E-state index >= 15 is 0 Å². The van der Waals surface area contributed by atoms with Gasteiger partial charge < -0.3 is 5.32 Å². The molecule has 2 rings (SSSR count). The molecule has 0 radical (unpaired) electrons. The van der Waals surface area contributed by atoms with Gasteiger partial charge in [-0.3, -0.25) is 0 Å². The smallest absolute Gasteiger partial charge is 0.0453 e.